The monoisotopic (exact) mass is 1620 g/mol. The summed E-state index contributed by atoms with van der Waals surface area (Å²) in [5.41, 5.74) is 0. The van der Waals surface area contributed by atoms with E-state index in [2.05, 4.69) is 191 Å². The fourth-order valence-corrected chi connectivity index (χ4v) is 13.3. The summed E-state index contributed by atoms with van der Waals surface area (Å²) in [6.07, 6.45) is 111. The van der Waals surface area contributed by atoms with Crippen LogP contribution < -0.4 is 0 Å². The highest BCUT2D eigenvalue weighted by molar-refractivity contribution is 7.47. The molecule has 5 atom stereocenters. The van der Waals surface area contributed by atoms with E-state index in [0.29, 0.717) is 19.3 Å². The molecule has 5 unspecified atom stereocenters. The predicted octanol–water partition coefficient (Wildman–Crippen LogP) is 27.1. The van der Waals surface area contributed by atoms with Gasteiger partial charge in [0, 0.05) is 19.3 Å². The quantitative estimate of drug-likeness (QED) is 0.0146. The number of hydrogen-bond acceptors (Lipinski definition) is 14. The molecule has 0 aliphatic rings. The smallest absolute Gasteiger partial charge is 0.463 e. The lowest BCUT2D eigenvalue weighted by molar-refractivity contribution is -0.161. The zero-order valence-electron chi connectivity index (χ0n) is 71.0. The van der Waals surface area contributed by atoms with Gasteiger partial charge in [-0.2, -0.15) is 0 Å². The number of phosphoric acid groups is 2. The van der Waals surface area contributed by atoms with E-state index in [-0.39, 0.29) is 19.3 Å². The molecule has 0 amide bonds. The lowest BCUT2D eigenvalue weighted by Crippen LogP contribution is -2.30. The molecule has 0 aliphatic carbocycles. The van der Waals surface area contributed by atoms with E-state index in [1.54, 1.807) is 0 Å². The number of esters is 3. The van der Waals surface area contributed by atoms with E-state index in [1.165, 1.54) is 103 Å². The molecule has 0 aromatic carbocycles. The molecule has 0 saturated heterocycles. The number of carbonyl (C=O) groups excluding carboxylic acids is 3. The van der Waals surface area contributed by atoms with Gasteiger partial charge in [-0.05, 0) is 154 Å². The Morgan fingerprint density at radius 1 is 0.257 bits per heavy atom. The van der Waals surface area contributed by atoms with E-state index in [9.17, 15) is 43.5 Å². The number of rotatable bonds is 83. The van der Waals surface area contributed by atoms with Crippen LogP contribution in [0.2, 0.25) is 0 Å². The maximum Gasteiger partial charge on any atom is 0.472 e. The Bertz CT molecular complexity index is 2730. The largest absolute Gasteiger partial charge is 0.472 e. The van der Waals surface area contributed by atoms with E-state index in [1.807, 2.05) is 0 Å². The van der Waals surface area contributed by atoms with Crippen molar-refractivity contribution in [3.8, 4) is 0 Å². The molecule has 4 N–H and O–H groups in total. The second-order valence-corrected chi connectivity index (χ2v) is 32.2. The third kappa shape index (κ3) is 87.6. The number of phosphoric ester groups is 2. The molecular weight excluding hydrogens is 1460 g/mol. The van der Waals surface area contributed by atoms with Gasteiger partial charge < -0.3 is 34.2 Å². The maximum atomic E-state index is 13.0. The molecule has 0 heterocycles. The van der Waals surface area contributed by atoms with Crippen LogP contribution in [0.15, 0.2) is 170 Å². The first-order valence-corrected chi connectivity index (χ1v) is 47.4. The van der Waals surface area contributed by atoms with Gasteiger partial charge in [0.25, 0.3) is 0 Å². The highest BCUT2D eigenvalue weighted by atomic mass is 31.2. The lowest BCUT2D eigenvalue weighted by atomic mass is 10.0. The van der Waals surface area contributed by atoms with Crippen molar-refractivity contribution in [1.29, 1.82) is 0 Å². The highest BCUT2D eigenvalue weighted by Gasteiger charge is 2.29. The maximum absolute atomic E-state index is 13.0. The van der Waals surface area contributed by atoms with Gasteiger partial charge in [-0.25, -0.2) is 9.13 Å². The van der Waals surface area contributed by atoms with E-state index in [0.717, 1.165) is 193 Å². The molecule has 0 aromatic rings. The number of aliphatic hydroxyl groups excluding tert-OH is 2. The molecule has 18 heteroatoms. The molecule has 16 nitrogen and oxygen atoms in total. The topological polar surface area (TPSA) is 231 Å². The van der Waals surface area contributed by atoms with Gasteiger partial charge in [0.05, 0.1) is 26.4 Å². The molecule has 0 bridgehead atoms. The van der Waals surface area contributed by atoms with E-state index >= 15 is 0 Å². The first-order valence-electron chi connectivity index (χ1n) is 44.4. The number of ether oxygens (including phenoxy) is 3. The van der Waals surface area contributed by atoms with Crippen molar-refractivity contribution in [1.82, 2.24) is 0 Å². The van der Waals surface area contributed by atoms with Crippen molar-refractivity contribution >= 4 is 33.6 Å². The second kappa shape index (κ2) is 86.3. The van der Waals surface area contributed by atoms with Crippen LogP contribution in [-0.2, 0) is 55.8 Å². The Balaban J connectivity index is 4.61. The average Bonchev–Trinajstić information content (AvgIpc) is 0.899. The van der Waals surface area contributed by atoms with E-state index < -0.39 is 91.5 Å². The Hall–Kier alpha value is -5.09. The minimum atomic E-state index is -4.95. The Kier molecular flexibility index (Phi) is 82.4. The third-order valence-electron chi connectivity index (χ3n) is 18.4. The van der Waals surface area contributed by atoms with Gasteiger partial charge in [-0.1, -0.05) is 351 Å². The predicted molar refractivity (Wildman–Crippen MR) is 472 cm³/mol. The molecular formula is C95H160O16P2. The molecule has 113 heavy (non-hydrogen) atoms. The standard InChI is InChI=1S/C95H160O16P2/c1-4-7-10-13-16-19-22-25-28-31-34-36-38-40-42-44-46-48-50-52-55-57-60-63-66-69-72-75-78-81-93(98)105-84-90(96)85-107-112(101,102)108-86-91(97)87-109-113(103,104)110-89-92(111-95(100)83-80-77-74-71-68-65-62-59-54-33-30-27-24-21-18-15-12-9-6-3)88-106-94(99)82-79-76-73-70-67-64-61-58-56-53-51-49-47-45-43-41-39-37-35-32-29-26-23-20-17-14-11-8-5-2/h7-8,10-11,16-21,25-30,34-37,40-43,46,48,54,59,90-92,96-97H,4-6,9,12-15,22-24,31-33,38-39,44-45,47,49-53,55-58,60-89H2,1-3H3,(H,101,102)(H,103,104)/b10-7-,11-8-,19-16-,20-17-,21-18-,28-25-,29-26-,30-27-,36-34-,37-35-,42-40-,43-41-,48-46-,59-54-. The van der Waals surface area contributed by atoms with Crippen molar-refractivity contribution in [2.45, 2.75) is 373 Å². The normalized spacial score (nSPS) is 14.6. The van der Waals surface area contributed by atoms with Gasteiger partial charge in [-0.3, -0.25) is 32.5 Å². The first kappa shape index (κ1) is 108. The van der Waals surface area contributed by atoms with Gasteiger partial charge >= 0.3 is 33.6 Å². The summed E-state index contributed by atoms with van der Waals surface area (Å²) in [6.45, 7) is 2.44. The Morgan fingerprint density at radius 2 is 0.469 bits per heavy atom. The van der Waals surface area contributed by atoms with Crippen molar-refractivity contribution < 1.29 is 75.8 Å². The number of hydrogen-bond donors (Lipinski definition) is 4. The van der Waals surface area contributed by atoms with Gasteiger partial charge in [0.1, 0.15) is 25.4 Å². The second-order valence-electron chi connectivity index (χ2n) is 29.3. The summed E-state index contributed by atoms with van der Waals surface area (Å²) in [7, 11) is -9.81. The summed E-state index contributed by atoms with van der Waals surface area (Å²) < 4.78 is 61.4. The van der Waals surface area contributed by atoms with Crippen molar-refractivity contribution in [3.63, 3.8) is 0 Å². The van der Waals surface area contributed by atoms with Crippen LogP contribution in [0.3, 0.4) is 0 Å². The average molecular weight is 1620 g/mol. The number of carbonyl (C=O) groups is 3. The molecule has 0 rings (SSSR count). The fraction of sp³-hybridized carbons (Fsp3) is 0.674. The Morgan fingerprint density at radius 3 is 0.743 bits per heavy atom. The molecule has 0 aliphatic heterocycles. The van der Waals surface area contributed by atoms with E-state index in [4.69, 9.17) is 32.3 Å². The molecule has 0 aromatic heterocycles. The highest BCUT2D eigenvalue weighted by Crippen LogP contribution is 2.45. The summed E-state index contributed by atoms with van der Waals surface area (Å²) in [5.74, 6) is -1.59. The van der Waals surface area contributed by atoms with Gasteiger partial charge in [-0.15, -0.1) is 0 Å². The summed E-state index contributed by atoms with van der Waals surface area (Å²) >= 11 is 0. The zero-order chi connectivity index (χ0) is 82.2. The van der Waals surface area contributed by atoms with Crippen molar-refractivity contribution in [2.75, 3.05) is 39.6 Å². The molecule has 0 fully saturated rings. The van der Waals surface area contributed by atoms with Crippen LogP contribution in [0.4, 0.5) is 0 Å². The van der Waals surface area contributed by atoms with Gasteiger partial charge in [0.2, 0.25) is 0 Å². The van der Waals surface area contributed by atoms with Gasteiger partial charge in [0.15, 0.2) is 6.10 Å². The third-order valence-corrected chi connectivity index (χ3v) is 20.3. The van der Waals surface area contributed by atoms with Crippen LogP contribution in [0.5, 0.6) is 0 Å². The molecule has 0 radical (unpaired) electrons. The number of unbranched alkanes of at least 4 members (excludes halogenated alkanes) is 32. The molecule has 0 saturated carbocycles. The van der Waals surface area contributed by atoms with Crippen molar-refractivity contribution in [2.24, 2.45) is 0 Å². The van der Waals surface area contributed by atoms with Crippen LogP contribution >= 0.6 is 15.6 Å². The minimum absolute atomic E-state index is 0.0863. The summed E-state index contributed by atoms with van der Waals surface area (Å²) in [4.78, 5) is 58.9. The lowest BCUT2D eigenvalue weighted by Gasteiger charge is -2.21. The van der Waals surface area contributed by atoms with Crippen LogP contribution in [0.1, 0.15) is 355 Å². The fourth-order valence-electron chi connectivity index (χ4n) is 11.7. The zero-order valence-corrected chi connectivity index (χ0v) is 72.8. The minimum Gasteiger partial charge on any atom is -0.463 e. The number of allylic oxidation sites excluding steroid dienone is 28. The summed E-state index contributed by atoms with van der Waals surface area (Å²) in [5, 5.41) is 20.7. The summed E-state index contributed by atoms with van der Waals surface area (Å²) in [6, 6.07) is 0. The van der Waals surface area contributed by atoms with Crippen LogP contribution in [0.25, 0.3) is 0 Å². The molecule has 0 spiro atoms. The molecule has 646 valence electrons. The van der Waals surface area contributed by atoms with Crippen molar-refractivity contribution in [3.05, 3.63) is 170 Å². The SMILES string of the molecule is CC/C=C\C/C=C\C/C=C\C/C=C\C/C=C\C/C=C\CCCCCCCCCCCCC(=O)OCC(O)COP(=O)(O)OCC(O)COP(=O)(O)OCC(COC(=O)CCCCCCCCCCCCCCC/C=C\C/C=C\C/C=C\C/C=C\C/C=C\CC)OC(=O)CCCCCCCC/C=C\C/C=C\C/C=C\CCCCC. The number of aliphatic hydroxyl groups is 2. The first-order chi connectivity index (χ1) is 55.2. The van der Waals surface area contributed by atoms with Crippen LogP contribution in [0, 0.1) is 0 Å². The van der Waals surface area contributed by atoms with Crippen LogP contribution in [-0.4, -0.2) is 95.9 Å². The Labute approximate surface area is 688 Å².